The van der Waals surface area contributed by atoms with Crippen LogP contribution in [-0.4, -0.2) is 35.2 Å². The van der Waals surface area contributed by atoms with Crippen molar-refractivity contribution in [3.05, 3.63) is 29.3 Å². The van der Waals surface area contributed by atoms with Crippen LogP contribution in [0.25, 0.3) is 0 Å². The van der Waals surface area contributed by atoms with Gasteiger partial charge in [0.25, 0.3) is 5.17 Å². The number of hydrogen-bond donors (Lipinski definition) is 1. The molecule has 0 aromatic heterocycles. The van der Waals surface area contributed by atoms with E-state index >= 15 is 0 Å². The normalized spacial score (nSPS) is 9.69. The van der Waals surface area contributed by atoms with Crippen LogP contribution in [0.2, 0.25) is 0 Å². The molecule has 0 saturated heterocycles. The van der Waals surface area contributed by atoms with Crippen molar-refractivity contribution in [1.82, 2.24) is 4.90 Å². The van der Waals surface area contributed by atoms with Crippen LogP contribution in [0.5, 0.6) is 5.75 Å². The van der Waals surface area contributed by atoms with Crippen LogP contribution in [0.15, 0.2) is 18.2 Å². The molecule has 1 rings (SSSR count). The molecule has 0 aliphatic rings. The minimum absolute atomic E-state index is 0.145. The summed E-state index contributed by atoms with van der Waals surface area (Å²) < 4.78 is 5.33. The molecule has 1 N–H and O–H groups in total. The molecule has 0 spiro atoms. The van der Waals surface area contributed by atoms with Gasteiger partial charge in [-0.15, -0.1) is 0 Å². The second-order valence-electron chi connectivity index (χ2n) is 3.52. The molecular formula is C11H13NO3S. The molecule has 0 atom stereocenters. The third kappa shape index (κ3) is 2.70. The summed E-state index contributed by atoms with van der Waals surface area (Å²) >= 11 is 4.96. The van der Waals surface area contributed by atoms with Gasteiger partial charge in [-0.2, -0.15) is 0 Å². The van der Waals surface area contributed by atoms with Crippen LogP contribution in [0, 0.1) is 6.92 Å². The lowest BCUT2D eigenvalue weighted by molar-refractivity contribution is 0.0693. The van der Waals surface area contributed by atoms with Crippen molar-refractivity contribution in [2.24, 2.45) is 0 Å². The number of aryl methyl sites for hydroxylation is 1. The van der Waals surface area contributed by atoms with Gasteiger partial charge in [0.15, 0.2) is 0 Å². The summed E-state index contributed by atoms with van der Waals surface area (Å²) in [6, 6.07) is 5.04. The van der Waals surface area contributed by atoms with Gasteiger partial charge in [0.1, 0.15) is 11.3 Å². The lowest BCUT2D eigenvalue weighted by Gasteiger charge is -2.16. The number of rotatable bonds is 2. The molecule has 0 unspecified atom stereocenters. The summed E-state index contributed by atoms with van der Waals surface area (Å²) in [6.45, 7) is 1.72. The maximum absolute atomic E-state index is 11.1. The standard InChI is InChI=1S/C11H13NO3S/c1-7-5-4-6-8(9(7)10(13)14)15-11(16)12(2)3/h4-6H,1-3H3,(H,13,14). The number of hydrogen-bond acceptors (Lipinski definition) is 3. The van der Waals surface area contributed by atoms with Gasteiger partial charge in [-0.1, -0.05) is 12.1 Å². The molecule has 5 heteroatoms. The van der Waals surface area contributed by atoms with E-state index in [1.165, 1.54) is 0 Å². The molecule has 0 heterocycles. The molecule has 86 valence electrons. The molecule has 0 radical (unpaired) electrons. The molecule has 16 heavy (non-hydrogen) atoms. The Morgan fingerprint density at radius 3 is 2.56 bits per heavy atom. The van der Waals surface area contributed by atoms with E-state index in [1.807, 2.05) is 0 Å². The summed E-state index contributed by atoms with van der Waals surface area (Å²) in [5.41, 5.74) is 0.790. The monoisotopic (exact) mass is 239 g/mol. The van der Waals surface area contributed by atoms with E-state index in [-0.39, 0.29) is 16.5 Å². The first-order valence-corrected chi connectivity index (χ1v) is 5.06. The number of carboxylic acid groups (broad SMARTS) is 1. The summed E-state index contributed by atoms with van der Waals surface area (Å²) in [5.74, 6) is -0.749. The fraction of sp³-hybridized carbons (Fsp3) is 0.273. The van der Waals surface area contributed by atoms with Gasteiger partial charge in [-0.05, 0) is 30.8 Å². The van der Waals surface area contributed by atoms with Crippen LogP contribution in [0.4, 0.5) is 0 Å². The van der Waals surface area contributed by atoms with E-state index < -0.39 is 5.97 Å². The van der Waals surface area contributed by atoms with Crippen molar-refractivity contribution >= 4 is 23.4 Å². The third-order valence-corrected chi connectivity index (χ3v) is 2.46. The average molecular weight is 239 g/mol. The Morgan fingerprint density at radius 2 is 2.06 bits per heavy atom. The Balaban J connectivity index is 3.09. The summed E-state index contributed by atoms with van der Waals surface area (Å²) in [5, 5.41) is 9.29. The summed E-state index contributed by atoms with van der Waals surface area (Å²) in [7, 11) is 3.47. The quantitative estimate of drug-likeness (QED) is 0.799. The Hall–Kier alpha value is -1.62. The van der Waals surface area contributed by atoms with E-state index in [1.54, 1.807) is 44.1 Å². The van der Waals surface area contributed by atoms with Crippen LogP contribution in [-0.2, 0) is 0 Å². The molecule has 4 nitrogen and oxygen atoms in total. The van der Waals surface area contributed by atoms with E-state index in [9.17, 15) is 4.79 Å². The van der Waals surface area contributed by atoms with Gasteiger partial charge in [-0.3, -0.25) is 0 Å². The highest BCUT2D eigenvalue weighted by molar-refractivity contribution is 7.80. The second kappa shape index (κ2) is 4.94. The highest BCUT2D eigenvalue weighted by Crippen LogP contribution is 2.22. The Labute approximate surface area is 99.4 Å². The number of aromatic carboxylic acids is 1. The molecule has 0 fully saturated rings. The van der Waals surface area contributed by atoms with Crippen molar-refractivity contribution in [3.8, 4) is 5.75 Å². The third-order valence-electron chi connectivity index (χ3n) is 2.01. The number of nitrogens with zero attached hydrogens (tertiary/aromatic N) is 1. The zero-order valence-electron chi connectivity index (χ0n) is 9.35. The number of carbonyl (C=O) groups is 1. The maximum atomic E-state index is 11.1. The molecule has 1 aromatic rings. The molecule has 0 aliphatic carbocycles. The van der Waals surface area contributed by atoms with Crippen molar-refractivity contribution in [2.75, 3.05) is 14.1 Å². The Bertz CT molecular complexity index is 429. The lowest BCUT2D eigenvalue weighted by atomic mass is 10.1. The number of thiocarbonyl (C=S) groups is 1. The van der Waals surface area contributed by atoms with Crippen molar-refractivity contribution in [1.29, 1.82) is 0 Å². The Kier molecular flexibility index (Phi) is 3.84. The van der Waals surface area contributed by atoms with Crippen molar-refractivity contribution in [2.45, 2.75) is 6.92 Å². The first-order chi connectivity index (χ1) is 7.43. The van der Waals surface area contributed by atoms with Gasteiger partial charge in [0, 0.05) is 14.1 Å². The van der Waals surface area contributed by atoms with Crippen LogP contribution in [0.3, 0.4) is 0 Å². The fourth-order valence-corrected chi connectivity index (χ4v) is 1.28. The molecule has 1 aromatic carbocycles. The van der Waals surface area contributed by atoms with Crippen molar-refractivity contribution in [3.63, 3.8) is 0 Å². The summed E-state index contributed by atoms with van der Waals surface area (Å²) in [6.07, 6.45) is 0. The first kappa shape index (κ1) is 12.4. The summed E-state index contributed by atoms with van der Waals surface area (Å²) in [4.78, 5) is 12.7. The topological polar surface area (TPSA) is 49.8 Å². The van der Waals surface area contributed by atoms with Gasteiger partial charge in [0.05, 0.1) is 0 Å². The molecule has 0 amide bonds. The van der Waals surface area contributed by atoms with Crippen LogP contribution < -0.4 is 4.74 Å². The molecule has 0 saturated carbocycles. The maximum Gasteiger partial charge on any atom is 0.339 e. The SMILES string of the molecule is Cc1cccc(OC(=S)N(C)C)c1C(=O)O. The minimum atomic E-state index is -1.02. The van der Waals surface area contributed by atoms with Gasteiger partial charge >= 0.3 is 5.97 Å². The van der Waals surface area contributed by atoms with E-state index in [2.05, 4.69) is 0 Å². The molecular weight excluding hydrogens is 226 g/mol. The van der Waals surface area contributed by atoms with Crippen LogP contribution >= 0.6 is 12.2 Å². The minimum Gasteiger partial charge on any atom is -0.478 e. The van der Waals surface area contributed by atoms with E-state index in [4.69, 9.17) is 22.1 Å². The smallest absolute Gasteiger partial charge is 0.339 e. The Morgan fingerprint density at radius 1 is 1.44 bits per heavy atom. The fourth-order valence-electron chi connectivity index (χ4n) is 1.19. The van der Waals surface area contributed by atoms with Crippen LogP contribution in [0.1, 0.15) is 15.9 Å². The van der Waals surface area contributed by atoms with Crippen molar-refractivity contribution < 1.29 is 14.6 Å². The predicted octanol–water partition coefficient (Wildman–Crippen LogP) is 1.92. The average Bonchev–Trinajstić information content (AvgIpc) is 2.16. The second-order valence-corrected chi connectivity index (χ2v) is 3.86. The largest absolute Gasteiger partial charge is 0.478 e. The lowest BCUT2D eigenvalue weighted by Crippen LogP contribution is -2.25. The number of benzene rings is 1. The molecule has 0 aliphatic heterocycles. The highest BCUT2D eigenvalue weighted by Gasteiger charge is 2.15. The zero-order valence-corrected chi connectivity index (χ0v) is 10.2. The van der Waals surface area contributed by atoms with E-state index in [0.717, 1.165) is 0 Å². The first-order valence-electron chi connectivity index (χ1n) is 4.65. The highest BCUT2D eigenvalue weighted by atomic mass is 32.1. The van der Waals surface area contributed by atoms with Gasteiger partial charge in [0.2, 0.25) is 0 Å². The molecule has 0 bridgehead atoms. The van der Waals surface area contributed by atoms with Gasteiger partial charge in [-0.25, -0.2) is 4.79 Å². The predicted molar refractivity (Wildman–Crippen MR) is 65.1 cm³/mol. The van der Waals surface area contributed by atoms with E-state index in [0.29, 0.717) is 5.56 Å². The number of carboxylic acids is 1. The number of ether oxygens (including phenoxy) is 1. The van der Waals surface area contributed by atoms with Gasteiger partial charge < -0.3 is 14.7 Å². The zero-order chi connectivity index (χ0) is 12.3.